The predicted molar refractivity (Wildman–Crippen MR) is 110 cm³/mol. The van der Waals surface area contributed by atoms with Crippen molar-refractivity contribution in [2.75, 3.05) is 7.11 Å². The minimum atomic E-state index is -1.33. The molecule has 0 N–H and O–H groups in total. The van der Waals surface area contributed by atoms with Gasteiger partial charge in [0.15, 0.2) is 0 Å². The molecule has 3 aliphatic rings. The van der Waals surface area contributed by atoms with Gasteiger partial charge in [0.2, 0.25) is 0 Å². The SMILES string of the molecule is COC(=O)[C@]1(C)CCC[C@]2(C)c3cc4c(cc3CC[C@@H]12)[C@@H](C)C[Si]4(C)C. The second-order valence-electron chi connectivity index (χ2n) is 10.4. The van der Waals surface area contributed by atoms with E-state index < -0.39 is 8.07 Å². The van der Waals surface area contributed by atoms with E-state index in [0.717, 1.165) is 25.7 Å². The zero-order valence-corrected chi connectivity index (χ0v) is 18.4. The molecule has 1 aromatic rings. The van der Waals surface area contributed by atoms with E-state index in [1.807, 2.05) is 0 Å². The molecule has 26 heavy (non-hydrogen) atoms. The maximum atomic E-state index is 12.7. The number of carbonyl (C=O) groups excluding carboxylic acids is 1. The Balaban J connectivity index is 1.86. The lowest BCUT2D eigenvalue weighted by molar-refractivity contribution is -0.161. The van der Waals surface area contributed by atoms with E-state index in [1.165, 1.54) is 12.5 Å². The molecule has 0 spiro atoms. The van der Waals surface area contributed by atoms with E-state index in [0.29, 0.717) is 11.8 Å². The molecule has 2 nitrogen and oxygen atoms in total. The highest BCUT2D eigenvalue weighted by molar-refractivity contribution is 6.91. The van der Waals surface area contributed by atoms with Crippen molar-refractivity contribution in [1.29, 1.82) is 0 Å². The molecule has 4 rings (SSSR count). The Morgan fingerprint density at radius 3 is 2.65 bits per heavy atom. The normalized spacial score (nSPS) is 37.5. The fraction of sp³-hybridized carbons (Fsp3) is 0.696. The van der Waals surface area contributed by atoms with E-state index in [1.54, 1.807) is 29.0 Å². The second kappa shape index (κ2) is 5.70. The number of esters is 1. The van der Waals surface area contributed by atoms with Crippen LogP contribution in [0.3, 0.4) is 0 Å². The molecule has 0 amide bonds. The molecule has 1 saturated carbocycles. The van der Waals surface area contributed by atoms with Crippen LogP contribution in [0.15, 0.2) is 12.1 Å². The smallest absolute Gasteiger partial charge is 0.311 e. The molecule has 4 atom stereocenters. The van der Waals surface area contributed by atoms with Gasteiger partial charge in [0, 0.05) is 0 Å². The van der Waals surface area contributed by atoms with Crippen LogP contribution < -0.4 is 5.19 Å². The summed E-state index contributed by atoms with van der Waals surface area (Å²) in [5.41, 5.74) is 4.54. The Morgan fingerprint density at radius 1 is 1.23 bits per heavy atom. The maximum Gasteiger partial charge on any atom is 0.311 e. The average Bonchev–Trinajstić information content (AvgIpc) is 2.81. The van der Waals surface area contributed by atoms with Crippen molar-refractivity contribution in [3.05, 3.63) is 28.8 Å². The number of hydrogen-bond acceptors (Lipinski definition) is 2. The van der Waals surface area contributed by atoms with Gasteiger partial charge in [0.05, 0.1) is 20.6 Å². The van der Waals surface area contributed by atoms with Crippen molar-refractivity contribution in [3.8, 4) is 0 Å². The van der Waals surface area contributed by atoms with Crippen LogP contribution in [-0.4, -0.2) is 21.2 Å². The summed E-state index contributed by atoms with van der Waals surface area (Å²) in [4.78, 5) is 12.7. The van der Waals surface area contributed by atoms with Crippen molar-refractivity contribution in [3.63, 3.8) is 0 Å². The standard InChI is InChI=1S/C23H34O2Si/c1-15-14-26(5,6)19-13-18-16(12-17(15)19)8-9-20-22(18,2)10-7-11-23(20,3)21(24)25-4/h12-13,15,20H,7-11,14H2,1-6H3/t15-,20+,22+,23+/m0/s1. The number of hydrogen-bond donors (Lipinski definition) is 0. The monoisotopic (exact) mass is 370 g/mol. The third-order valence-electron chi connectivity index (χ3n) is 8.25. The van der Waals surface area contributed by atoms with Gasteiger partial charge in [-0.25, -0.2) is 0 Å². The van der Waals surface area contributed by atoms with Crippen LogP contribution in [0.2, 0.25) is 19.1 Å². The van der Waals surface area contributed by atoms with E-state index in [9.17, 15) is 4.79 Å². The van der Waals surface area contributed by atoms with Crippen LogP contribution in [0.1, 0.15) is 69.1 Å². The van der Waals surface area contributed by atoms with Crippen molar-refractivity contribution in [1.82, 2.24) is 0 Å². The summed E-state index contributed by atoms with van der Waals surface area (Å²) >= 11 is 0. The van der Waals surface area contributed by atoms with Gasteiger partial charge in [-0.05, 0) is 72.6 Å². The molecular weight excluding hydrogens is 336 g/mol. The minimum Gasteiger partial charge on any atom is -0.469 e. The first-order valence-corrected chi connectivity index (χ1v) is 13.6. The van der Waals surface area contributed by atoms with Crippen molar-refractivity contribution >= 4 is 19.2 Å². The Labute approximate surface area is 159 Å². The van der Waals surface area contributed by atoms with Crippen LogP contribution >= 0.6 is 0 Å². The Bertz CT molecular complexity index is 768. The largest absolute Gasteiger partial charge is 0.469 e. The molecule has 2 aliphatic carbocycles. The summed E-state index contributed by atoms with van der Waals surface area (Å²) < 4.78 is 5.26. The highest BCUT2D eigenvalue weighted by Crippen LogP contribution is 2.58. The second-order valence-corrected chi connectivity index (χ2v) is 15.1. The van der Waals surface area contributed by atoms with Crippen molar-refractivity contribution in [2.24, 2.45) is 11.3 Å². The fourth-order valence-corrected chi connectivity index (χ4v) is 10.6. The van der Waals surface area contributed by atoms with Gasteiger partial charge in [0.25, 0.3) is 0 Å². The predicted octanol–water partition coefficient (Wildman–Crippen LogP) is 4.90. The number of carbonyl (C=O) groups is 1. The summed E-state index contributed by atoms with van der Waals surface area (Å²) in [6.45, 7) is 12.1. The summed E-state index contributed by atoms with van der Waals surface area (Å²) in [5, 5.41) is 1.69. The number of fused-ring (bicyclic) bond motifs is 4. The zero-order chi connectivity index (χ0) is 18.9. The molecule has 0 saturated heterocycles. The van der Waals surface area contributed by atoms with E-state index in [-0.39, 0.29) is 16.8 Å². The molecule has 3 heteroatoms. The number of rotatable bonds is 1. The van der Waals surface area contributed by atoms with Gasteiger partial charge < -0.3 is 4.74 Å². The molecule has 1 aliphatic heterocycles. The van der Waals surface area contributed by atoms with Crippen LogP contribution in [0.4, 0.5) is 0 Å². The molecule has 0 bridgehead atoms. The first-order chi connectivity index (χ1) is 12.1. The topological polar surface area (TPSA) is 26.3 Å². The Kier molecular flexibility index (Phi) is 4.01. The number of ether oxygens (including phenoxy) is 1. The summed E-state index contributed by atoms with van der Waals surface area (Å²) in [5.74, 6) is 1.11. The van der Waals surface area contributed by atoms with Gasteiger partial charge in [-0.3, -0.25) is 4.79 Å². The van der Waals surface area contributed by atoms with Gasteiger partial charge in [0.1, 0.15) is 0 Å². The van der Waals surface area contributed by atoms with Crippen LogP contribution in [0.5, 0.6) is 0 Å². The highest BCUT2D eigenvalue weighted by Gasteiger charge is 2.56. The first kappa shape index (κ1) is 18.3. The quantitative estimate of drug-likeness (QED) is 0.519. The molecule has 1 aromatic carbocycles. The molecule has 1 fully saturated rings. The molecule has 0 radical (unpaired) electrons. The maximum absolute atomic E-state index is 12.7. The Hall–Kier alpha value is -1.09. The highest BCUT2D eigenvalue weighted by atomic mass is 28.3. The third kappa shape index (κ3) is 2.32. The lowest BCUT2D eigenvalue weighted by atomic mass is 9.49. The van der Waals surface area contributed by atoms with Gasteiger partial charge in [-0.1, -0.05) is 50.7 Å². The first-order valence-electron chi connectivity index (χ1n) is 10.4. The van der Waals surface area contributed by atoms with Crippen LogP contribution in [-0.2, 0) is 21.4 Å². The lowest BCUT2D eigenvalue weighted by Gasteiger charge is -2.54. The average molecular weight is 371 g/mol. The molecule has 0 aromatic heterocycles. The van der Waals surface area contributed by atoms with Crippen molar-refractivity contribution in [2.45, 2.75) is 83.3 Å². The van der Waals surface area contributed by atoms with E-state index in [4.69, 9.17) is 4.74 Å². The van der Waals surface area contributed by atoms with E-state index >= 15 is 0 Å². The molecule has 0 unspecified atom stereocenters. The number of aryl methyl sites for hydroxylation is 1. The number of methoxy groups -OCH3 is 1. The number of benzene rings is 1. The fourth-order valence-electron chi connectivity index (χ4n) is 6.99. The van der Waals surface area contributed by atoms with Crippen LogP contribution in [0, 0.1) is 11.3 Å². The molecule has 1 heterocycles. The lowest BCUT2D eigenvalue weighted by Crippen LogP contribution is -2.53. The summed E-state index contributed by atoms with van der Waals surface area (Å²) in [7, 11) is 0.226. The van der Waals surface area contributed by atoms with E-state index in [2.05, 4.69) is 46.0 Å². The summed E-state index contributed by atoms with van der Waals surface area (Å²) in [6, 6.07) is 6.55. The zero-order valence-electron chi connectivity index (χ0n) is 17.4. The molecular formula is C23H34O2Si. The molecule has 142 valence electrons. The summed E-state index contributed by atoms with van der Waals surface area (Å²) in [6.07, 6.45) is 5.52. The van der Waals surface area contributed by atoms with Gasteiger partial charge >= 0.3 is 5.97 Å². The van der Waals surface area contributed by atoms with Crippen molar-refractivity contribution < 1.29 is 9.53 Å². The minimum absolute atomic E-state index is 0.00126. The third-order valence-corrected chi connectivity index (χ3v) is 11.8. The van der Waals surface area contributed by atoms with Crippen LogP contribution in [0.25, 0.3) is 0 Å². The van der Waals surface area contributed by atoms with Gasteiger partial charge in [-0.2, -0.15) is 0 Å². The van der Waals surface area contributed by atoms with Gasteiger partial charge in [-0.15, -0.1) is 0 Å². The Morgan fingerprint density at radius 2 is 1.96 bits per heavy atom.